The average molecular weight is 361 g/mol. The summed E-state index contributed by atoms with van der Waals surface area (Å²) in [6.45, 7) is 0. The van der Waals surface area contributed by atoms with Crippen molar-refractivity contribution in [3.8, 4) is 16.8 Å². The summed E-state index contributed by atoms with van der Waals surface area (Å²) in [7, 11) is 0. The summed E-state index contributed by atoms with van der Waals surface area (Å²) in [5, 5.41) is 5.86. The average Bonchev–Trinajstić information content (AvgIpc) is 3.32. The van der Waals surface area contributed by atoms with Crippen molar-refractivity contribution in [3.63, 3.8) is 0 Å². The molecule has 0 aliphatic carbocycles. The van der Waals surface area contributed by atoms with E-state index in [0.717, 1.165) is 27.6 Å². The molecule has 119 valence electrons. The number of hydrogen-bond donors (Lipinski definition) is 0. The van der Waals surface area contributed by atoms with Gasteiger partial charge in [-0.2, -0.15) is 11.3 Å². The molecule has 5 heteroatoms. The van der Waals surface area contributed by atoms with Gasteiger partial charge in [-0.25, -0.2) is 4.98 Å². The van der Waals surface area contributed by atoms with Crippen molar-refractivity contribution in [1.82, 2.24) is 14.5 Å². The molecule has 0 amide bonds. The second-order valence-electron chi connectivity index (χ2n) is 5.72. The number of rotatable bonds is 2. The predicted octanol–water partition coefficient (Wildman–Crippen LogP) is 5.76. The lowest BCUT2D eigenvalue weighted by molar-refractivity contribution is 1.10. The van der Waals surface area contributed by atoms with Crippen LogP contribution in [0.5, 0.6) is 0 Å². The smallest absolute Gasteiger partial charge is 0.108 e. The molecule has 2 aromatic carbocycles. The Labute approximate surface area is 153 Å². The van der Waals surface area contributed by atoms with E-state index in [1.807, 2.05) is 16.7 Å². The van der Waals surface area contributed by atoms with E-state index in [1.165, 1.54) is 11.1 Å². The normalized spacial score (nSPS) is 11.4. The highest BCUT2D eigenvalue weighted by atomic mass is 35.5. The van der Waals surface area contributed by atoms with Crippen LogP contribution in [-0.2, 0) is 0 Å². The highest BCUT2D eigenvalue weighted by molar-refractivity contribution is 7.08. The summed E-state index contributed by atoms with van der Waals surface area (Å²) in [6, 6.07) is 17.2. The fourth-order valence-electron chi connectivity index (χ4n) is 3.08. The highest BCUT2D eigenvalue weighted by Gasteiger charge is 2.12. The lowest BCUT2D eigenvalue weighted by atomic mass is 10.1. The first kappa shape index (κ1) is 14.6. The second-order valence-corrected chi connectivity index (χ2v) is 6.88. The van der Waals surface area contributed by atoms with Gasteiger partial charge in [-0.15, -0.1) is 0 Å². The van der Waals surface area contributed by atoms with Gasteiger partial charge in [0.1, 0.15) is 11.8 Å². The molecule has 0 spiro atoms. The van der Waals surface area contributed by atoms with Crippen molar-refractivity contribution in [3.05, 3.63) is 76.8 Å². The van der Waals surface area contributed by atoms with Crippen molar-refractivity contribution >= 4 is 44.9 Å². The molecule has 3 aromatic heterocycles. The van der Waals surface area contributed by atoms with Gasteiger partial charge in [0.05, 0.1) is 27.9 Å². The number of benzene rings is 2. The Morgan fingerprint density at radius 1 is 1.04 bits per heavy atom. The molecule has 0 saturated carbocycles. The number of aromatic nitrogens is 3. The molecular formula is C20H11ClN3S. The fraction of sp³-hybridized carbons (Fsp3) is 0. The minimum atomic E-state index is 0.570. The van der Waals surface area contributed by atoms with E-state index < -0.39 is 0 Å². The summed E-state index contributed by atoms with van der Waals surface area (Å²) in [5.74, 6) is 0. The van der Waals surface area contributed by atoms with Crippen molar-refractivity contribution in [2.75, 3.05) is 0 Å². The monoisotopic (exact) mass is 360 g/mol. The molecule has 0 bridgehead atoms. The van der Waals surface area contributed by atoms with Gasteiger partial charge in [-0.05, 0) is 46.2 Å². The topological polar surface area (TPSA) is 30.7 Å². The molecule has 1 radical (unpaired) electrons. The van der Waals surface area contributed by atoms with E-state index >= 15 is 0 Å². The van der Waals surface area contributed by atoms with Crippen LogP contribution in [0.3, 0.4) is 0 Å². The third kappa shape index (κ3) is 2.34. The third-order valence-electron chi connectivity index (χ3n) is 4.27. The minimum Gasteiger partial charge on any atom is -0.297 e. The van der Waals surface area contributed by atoms with E-state index in [-0.39, 0.29) is 0 Å². The molecule has 3 heterocycles. The van der Waals surface area contributed by atoms with Gasteiger partial charge >= 0.3 is 0 Å². The van der Waals surface area contributed by atoms with E-state index in [4.69, 9.17) is 11.6 Å². The first-order chi connectivity index (χ1) is 12.3. The lowest BCUT2D eigenvalue weighted by Gasteiger charge is -2.09. The van der Waals surface area contributed by atoms with Crippen molar-refractivity contribution in [2.45, 2.75) is 0 Å². The van der Waals surface area contributed by atoms with Gasteiger partial charge in [0.15, 0.2) is 0 Å². The summed E-state index contributed by atoms with van der Waals surface area (Å²) >= 11 is 8.05. The van der Waals surface area contributed by atoms with E-state index in [1.54, 1.807) is 29.9 Å². The SMILES string of the molecule is Clc1[c]cccc1-n1cnc2cnc3ccc(-c4ccsc4)cc3c21. The van der Waals surface area contributed by atoms with E-state index in [9.17, 15) is 0 Å². The van der Waals surface area contributed by atoms with Crippen LogP contribution in [-0.4, -0.2) is 14.5 Å². The van der Waals surface area contributed by atoms with Crippen LogP contribution < -0.4 is 0 Å². The van der Waals surface area contributed by atoms with Crippen LogP contribution in [0.1, 0.15) is 0 Å². The summed E-state index contributed by atoms with van der Waals surface area (Å²) in [4.78, 5) is 9.06. The Kier molecular flexibility index (Phi) is 3.33. The van der Waals surface area contributed by atoms with Gasteiger partial charge in [0, 0.05) is 11.5 Å². The largest absolute Gasteiger partial charge is 0.297 e. The maximum absolute atomic E-state index is 6.36. The second kappa shape index (κ2) is 5.69. The van der Waals surface area contributed by atoms with Crippen LogP contribution in [0.15, 0.2) is 65.7 Å². The van der Waals surface area contributed by atoms with Crippen LogP contribution in [0.4, 0.5) is 0 Å². The Bertz CT molecular complexity index is 1210. The van der Waals surface area contributed by atoms with E-state index in [0.29, 0.717) is 5.02 Å². The molecule has 0 aliphatic heterocycles. The van der Waals surface area contributed by atoms with Gasteiger partial charge < -0.3 is 0 Å². The number of hydrogen-bond acceptors (Lipinski definition) is 3. The molecule has 0 unspecified atom stereocenters. The van der Waals surface area contributed by atoms with Crippen LogP contribution in [0, 0.1) is 6.07 Å². The zero-order valence-electron chi connectivity index (χ0n) is 13.0. The molecule has 5 rings (SSSR count). The van der Waals surface area contributed by atoms with Gasteiger partial charge in [0.25, 0.3) is 0 Å². The number of pyridine rings is 1. The molecule has 3 nitrogen and oxygen atoms in total. The molecular weight excluding hydrogens is 350 g/mol. The van der Waals surface area contributed by atoms with Crippen LogP contribution in [0.25, 0.3) is 38.8 Å². The van der Waals surface area contributed by atoms with E-state index in [2.05, 4.69) is 51.1 Å². The quantitative estimate of drug-likeness (QED) is 0.401. The number of nitrogens with zero attached hydrogens (tertiary/aromatic N) is 3. The standard InChI is InChI=1S/C20H11ClN3S/c21-16-3-1-2-4-19(16)24-12-23-18-10-22-17-6-5-13(9-15(17)20(18)24)14-7-8-25-11-14/h1-2,4-12H. The predicted molar refractivity (Wildman–Crippen MR) is 104 cm³/mol. The lowest BCUT2D eigenvalue weighted by Crippen LogP contribution is -1.94. The third-order valence-corrected chi connectivity index (χ3v) is 5.26. The molecule has 0 N–H and O–H groups in total. The Morgan fingerprint density at radius 2 is 2.00 bits per heavy atom. The number of imidazole rings is 1. The molecule has 0 atom stereocenters. The Balaban J connectivity index is 1.86. The van der Waals surface area contributed by atoms with Gasteiger partial charge in [0.2, 0.25) is 0 Å². The highest BCUT2D eigenvalue weighted by Crippen LogP contribution is 2.32. The molecule has 25 heavy (non-hydrogen) atoms. The number of halogens is 1. The first-order valence-corrected chi connectivity index (χ1v) is 9.08. The van der Waals surface area contributed by atoms with Crippen LogP contribution >= 0.6 is 22.9 Å². The van der Waals surface area contributed by atoms with Crippen molar-refractivity contribution in [1.29, 1.82) is 0 Å². The first-order valence-electron chi connectivity index (χ1n) is 7.76. The zero-order valence-corrected chi connectivity index (χ0v) is 14.6. The zero-order chi connectivity index (χ0) is 16.8. The fourth-order valence-corrected chi connectivity index (χ4v) is 3.96. The van der Waals surface area contributed by atoms with Crippen molar-refractivity contribution in [2.24, 2.45) is 0 Å². The van der Waals surface area contributed by atoms with Crippen LogP contribution in [0.2, 0.25) is 5.02 Å². The summed E-state index contributed by atoms with van der Waals surface area (Å²) < 4.78 is 2.01. The Morgan fingerprint density at radius 3 is 2.84 bits per heavy atom. The molecule has 0 saturated heterocycles. The maximum Gasteiger partial charge on any atom is 0.108 e. The Hall–Kier alpha value is -2.69. The molecule has 0 fully saturated rings. The molecule has 0 aliphatic rings. The van der Waals surface area contributed by atoms with Crippen molar-refractivity contribution < 1.29 is 0 Å². The summed E-state index contributed by atoms with van der Waals surface area (Å²) in [6.07, 6.45) is 3.59. The minimum absolute atomic E-state index is 0.570. The van der Waals surface area contributed by atoms with Gasteiger partial charge in [-0.3, -0.25) is 9.55 Å². The van der Waals surface area contributed by atoms with Gasteiger partial charge in [-0.1, -0.05) is 29.8 Å². The number of thiophene rings is 1. The number of fused-ring (bicyclic) bond motifs is 3. The maximum atomic E-state index is 6.36. The molecule has 5 aromatic rings. The summed E-state index contributed by atoms with van der Waals surface area (Å²) in [5.41, 5.74) is 6.02.